The third kappa shape index (κ3) is 3.94. The van der Waals surface area contributed by atoms with Gasteiger partial charge in [0.05, 0.1) is 35.2 Å². The Balaban J connectivity index is 1.66. The molecule has 1 saturated heterocycles. The predicted octanol–water partition coefficient (Wildman–Crippen LogP) is 2.55. The average Bonchev–Trinajstić information content (AvgIpc) is 3.19. The fraction of sp³-hybridized carbons (Fsp3) is 0.238. The van der Waals surface area contributed by atoms with Gasteiger partial charge in [-0.1, -0.05) is 18.2 Å². The number of esters is 1. The number of morpholine rings is 1. The molecule has 2 N–H and O–H groups in total. The summed E-state index contributed by atoms with van der Waals surface area (Å²) in [6.07, 6.45) is -0.628. The molecule has 1 atom stereocenters. The zero-order valence-electron chi connectivity index (χ0n) is 16.6. The van der Waals surface area contributed by atoms with Crippen LogP contribution in [0.3, 0.4) is 0 Å². The lowest BCUT2D eigenvalue weighted by molar-refractivity contribution is -0.00188. The highest BCUT2D eigenvalue weighted by molar-refractivity contribution is 7.89. The van der Waals surface area contributed by atoms with Crippen LogP contribution in [0.1, 0.15) is 31.7 Å². The maximum absolute atomic E-state index is 13.2. The van der Waals surface area contributed by atoms with Crippen LogP contribution < -0.4 is 5.73 Å². The van der Waals surface area contributed by atoms with Crippen molar-refractivity contribution < 1.29 is 27.5 Å². The van der Waals surface area contributed by atoms with E-state index in [2.05, 4.69) is 4.74 Å². The molecule has 0 aliphatic carbocycles. The fourth-order valence-electron chi connectivity index (χ4n) is 3.62. The summed E-state index contributed by atoms with van der Waals surface area (Å²) in [6.45, 7) is 0.389. The average molecular weight is 461 g/mol. The summed E-state index contributed by atoms with van der Waals surface area (Å²) >= 11 is 1.27. The van der Waals surface area contributed by atoms with Gasteiger partial charge in [-0.15, -0.1) is 11.3 Å². The van der Waals surface area contributed by atoms with Crippen LogP contribution in [0.2, 0.25) is 0 Å². The molecule has 162 valence electrons. The molecule has 1 aromatic heterocycles. The number of thiophene rings is 1. The molecule has 1 aliphatic rings. The van der Waals surface area contributed by atoms with Crippen molar-refractivity contribution in [3.05, 3.63) is 64.5 Å². The molecule has 2 heterocycles. The fourth-order valence-corrected chi connectivity index (χ4v) is 6.15. The molecule has 0 unspecified atom stereocenters. The van der Waals surface area contributed by atoms with Gasteiger partial charge in [-0.05, 0) is 35.7 Å². The molecular formula is C21H20N2O6S2. The largest absolute Gasteiger partial charge is 0.465 e. The van der Waals surface area contributed by atoms with E-state index >= 15 is 0 Å². The van der Waals surface area contributed by atoms with Crippen molar-refractivity contribution in [2.45, 2.75) is 11.0 Å². The lowest BCUT2D eigenvalue weighted by atomic mass is 10.0. The van der Waals surface area contributed by atoms with Crippen LogP contribution in [0, 0.1) is 0 Å². The van der Waals surface area contributed by atoms with Crippen molar-refractivity contribution in [1.29, 1.82) is 0 Å². The summed E-state index contributed by atoms with van der Waals surface area (Å²) in [5.74, 6) is -1.11. The highest BCUT2D eigenvalue weighted by atomic mass is 32.2. The van der Waals surface area contributed by atoms with Crippen LogP contribution in [-0.2, 0) is 19.5 Å². The van der Waals surface area contributed by atoms with Crippen molar-refractivity contribution in [3.8, 4) is 0 Å². The van der Waals surface area contributed by atoms with E-state index in [1.807, 2.05) is 24.3 Å². The Kier molecular flexibility index (Phi) is 5.80. The number of amides is 1. The summed E-state index contributed by atoms with van der Waals surface area (Å²) in [7, 11) is -2.57. The number of primary amides is 1. The van der Waals surface area contributed by atoms with Gasteiger partial charge >= 0.3 is 5.97 Å². The Morgan fingerprint density at radius 1 is 1.16 bits per heavy atom. The molecule has 2 aromatic carbocycles. The van der Waals surface area contributed by atoms with E-state index in [-0.39, 0.29) is 30.2 Å². The highest BCUT2D eigenvalue weighted by Gasteiger charge is 2.34. The number of methoxy groups -OCH3 is 1. The predicted molar refractivity (Wildman–Crippen MR) is 116 cm³/mol. The van der Waals surface area contributed by atoms with Crippen LogP contribution in [-0.4, -0.2) is 51.4 Å². The number of carbonyl (C=O) groups is 2. The first kappa shape index (κ1) is 21.4. The Morgan fingerprint density at radius 3 is 2.55 bits per heavy atom. The van der Waals surface area contributed by atoms with Crippen molar-refractivity contribution in [3.63, 3.8) is 0 Å². The number of benzene rings is 2. The molecule has 0 bridgehead atoms. The third-order valence-corrected chi connectivity index (χ3v) is 8.20. The first-order chi connectivity index (χ1) is 14.8. The van der Waals surface area contributed by atoms with Crippen LogP contribution in [0.15, 0.2) is 53.4 Å². The SMILES string of the molecule is COC(=O)c1ccc(S(=O)(=O)N2CCO[C@H](c3c(C(N)=O)sc4ccccc34)C2)cc1. The molecule has 0 saturated carbocycles. The molecule has 10 heteroatoms. The van der Waals surface area contributed by atoms with Crippen LogP contribution in [0.25, 0.3) is 10.1 Å². The van der Waals surface area contributed by atoms with Gasteiger partial charge in [0.15, 0.2) is 0 Å². The van der Waals surface area contributed by atoms with Crippen molar-refractivity contribution in [2.75, 3.05) is 26.8 Å². The van der Waals surface area contributed by atoms with E-state index in [4.69, 9.17) is 10.5 Å². The van der Waals surface area contributed by atoms with E-state index in [0.717, 1.165) is 10.1 Å². The molecule has 1 aliphatic heterocycles. The number of nitrogens with zero attached hydrogens (tertiary/aromatic N) is 1. The molecule has 3 aromatic rings. The van der Waals surface area contributed by atoms with Gasteiger partial charge in [0, 0.05) is 23.4 Å². The van der Waals surface area contributed by atoms with Crippen molar-refractivity contribution in [1.82, 2.24) is 4.31 Å². The minimum Gasteiger partial charge on any atom is -0.465 e. The standard InChI is InChI=1S/C21H20N2O6S2/c1-28-21(25)13-6-8-14(9-7-13)31(26,27)23-10-11-29-16(12-23)18-15-4-2-3-5-17(15)30-19(18)20(22)24/h2-9,16H,10-12H2,1H3,(H2,22,24)/t16-/m0/s1. The molecular weight excluding hydrogens is 440 g/mol. The molecule has 0 radical (unpaired) electrons. The number of rotatable bonds is 5. The molecule has 1 fully saturated rings. The number of hydrogen-bond donors (Lipinski definition) is 1. The minimum absolute atomic E-state index is 0.0437. The van der Waals surface area contributed by atoms with Gasteiger partial charge in [0.25, 0.3) is 5.91 Å². The Bertz CT molecular complexity index is 1250. The second-order valence-electron chi connectivity index (χ2n) is 6.94. The topological polar surface area (TPSA) is 116 Å². The summed E-state index contributed by atoms with van der Waals surface area (Å²) in [4.78, 5) is 24.1. The number of nitrogens with two attached hydrogens (primary N) is 1. The van der Waals surface area contributed by atoms with E-state index < -0.39 is 28.0 Å². The van der Waals surface area contributed by atoms with Crippen molar-refractivity contribution in [2.24, 2.45) is 5.73 Å². The van der Waals surface area contributed by atoms with Gasteiger partial charge in [0.1, 0.15) is 0 Å². The zero-order chi connectivity index (χ0) is 22.2. The first-order valence-corrected chi connectivity index (χ1v) is 11.7. The molecule has 31 heavy (non-hydrogen) atoms. The number of hydrogen-bond acceptors (Lipinski definition) is 7. The summed E-state index contributed by atoms with van der Waals surface area (Å²) in [6, 6.07) is 13.0. The second kappa shape index (κ2) is 8.39. The molecule has 8 nitrogen and oxygen atoms in total. The maximum Gasteiger partial charge on any atom is 0.337 e. The summed E-state index contributed by atoms with van der Waals surface area (Å²) in [5, 5.41) is 0.827. The smallest absolute Gasteiger partial charge is 0.337 e. The molecule has 1 amide bonds. The Morgan fingerprint density at radius 2 is 1.87 bits per heavy atom. The summed E-state index contributed by atoms with van der Waals surface area (Å²) in [5.41, 5.74) is 6.47. The quantitative estimate of drug-likeness (QED) is 0.585. The van der Waals surface area contributed by atoms with Crippen molar-refractivity contribution >= 4 is 43.3 Å². The third-order valence-electron chi connectivity index (χ3n) is 5.12. The van der Waals surface area contributed by atoms with E-state index in [9.17, 15) is 18.0 Å². The van der Waals surface area contributed by atoms with E-state index in [1.165, 1.54) is 47.0 Å². The highest BCUT2D eigenvalue weighted by Crippen LogP contribution is 2.38. The minimum atomic E-state index is -3.83. The zero-order valence-corrected chi connectivity index (χ0v) is 18.2. The second-order valence-corrected chi connectivity index (χ2v) is 9.93. The summed E-state index contributed by atoms with van der Waals surface area (Å²) < 4.78 is 39.1. The molecule has 0 spiro atoms. The number of carbonyl (C=O) groups excluding carboxylic acids is 2. The lowest BCUT2D eigenvalue weighted by Gasteiger charge is -2.32. The number of sulfonamides is 1. The van der Waals surface area contributed by atoms with Gasteiger partial charge in [-0.2, -0.15) is 4.31 Å². The van der Waals surface area contributed by atoms with Gasteiger partial charge in [0.2, 0.25) is 10.0 Å². The monoisotopic (exact) mass is 460 g/mol. The lowest BCUT2D eigenvalue weighted by Crippen LogP contribution is -2.42. The van der Waals surface area contributed by atoms with Crippen LogP contribution in [0.5, 0.6) is 0 Å². The normalized spacial score (nSPS) is 17.5. The van der Waals surface area contributed by atoms with E-state index in [0.29, 0.717) is 10.4 Å². The van der Waals surface area contributed by atoms with Gasteiger partial charge in [-0.25, -0.2) is 13.2 Å². The molecule has 4 rings (SSSR count). The van der Waals surface area contributed by atoms with Gasteiger partial charge < -0.3 is 15.2 Å². The van der Waals surface area contributed by atoms with Crippen LogP contribution in [0.4, 0.5) is 0 Å². The maximum atomic E-state index is 13.2. The Hall–Kier alpha value is -2.79. The van der Waals surface area contributed by atoms with E-state index in [1.54, 1.807) is 0 Å². The first-order valence-electron chi connectivity index (χ1n) is 9.44. The Labute approximate surface area is 183 Å². The number of fused-ring (bicyclic) bond motifs is 1. The number of ether oxygens (including phenoxy) is 2. The van der Waals surface area contributed by atoms with Gasteiger partial charge in [-0.3, -0.25) is 4.79 Å². The van der Waals surface area contributed by atoms with Crippen LogP contribution >= 0.6 is 11.3 Å².